The van der Waals surface area contributed by atoms with Crippen LogP contribution < -0.4 is 5.32 Å². The van der Waals surface area contributed by atoms with Crippen LogP contribution in [0.25, 0.3) is 10.2 Å². The first-order valence-corrected chi connectivity index (χ1v) is 9.62. The summed E-state index contributed by atoms with van der Waals surface area (Å²) in [4.78, 5) is 16.9. The number of benzene rings is 2. The summed E-state index contributed by atoms with van der Waals surface area (Å²) in [7, 11) is 0. The van der Waals surface area contributed by atoms with E-state index in [4.69, 9.17) is 0 Å². The molecule has 2 aromatic carbocycles. The van der Waals surface area contributed by atoms with E-state index in [0.717, 1.165) is 14.6 Å². The molecule has 8 heteroatoms. The Bertz CT molecular complexity index is 821. The summed E-state index contributed by atoms with van der Waals surface area (Å²) < 4.78 is 27.0. The standard InChI is InChI=1S/C16H12F2N2OS3/c17-15(18)23-12-7-3-1-5-10(12)19-14(21)9-22-16-20-11-6-2-4-8-13(11)24-16/h1-8,15H,9H2,(H,19,21). The predicted molar refractivity (Wildman–Crippen MR) is 97.3 cm³/mol. The molecular formula is C16H12F2N2OS3. The Hall–Kier alpha value is -1.64. The number of aromatic nitrogens is 1. The lowest BCUT2D eigenvalue weighted by molar-refractivity contribution is -0.113. The first-order valence-electron chi connectivity index (χ1n) is 6.94. The van der Waals surface area contributed by atoms with Crippen LogP contribution in [0.4, 0.5) is 14.5 Å². The van der Waals surface area contributed by atoms with E-state index in [1.54, 1.807) is 24.3 Å². The molecule has 0 atom stereocenters. The van der Waals surface area contributed by atoms with Crippen molar-refractivity contribution in [3.63, 3.8) is 0 Å². The minimum absolute atomic E-state index is 0.174. The third kappa shape index (κ3) is 4.46. The Labute approximate surface area is 149 Å². The molecule has 0 spiro atoms. The molecule has 0 radical (unpaired) electrons. The van der Waals surface area contributed by atoms with Crippen LogP contribution in [0.1, 0.15) is 0 Å². The van der Waals surface area contributed by atoms with Crippen LogP contribution in [0.15, 0.2) is 57.8 Å². The van der Waals surface area contributed by atoms with Gasteiger partial charge in [0.1, 0.15) is 0 Å². The lowest BCUT2D eigenvalue weighted by Gasteiger charge is -2.09. The number of carbonyl (C=O) groups excluding carboxylic acids is 1. The van der Waals surface area contributed by atoms with Crippen LogP contribution >= 0.6 is 34.9 Å². The van der Waals surface area contributed by atoms with Crippen LogP contribution in [0, 0.1) is 0 Å². The molecule has 0 aliphatic carbocycles. The van der Waals surface area contributed by atoms with Crippen molar-refractivity contribution in [3.8, 4) is 0 Å². The average molecular weight is 382 g/mol. The maximum atomic E-state index is 12.5. The fourth-order valence-corrected chi connectivity index (χ4v) is 4.46. The minimum atomic E-state index is -2.53. The highest BCUT2D eigenvalue weighted by Gasteiger charge is 2.13. The molecule has 0 aliphatic heterocycles. The predicted octanol–water partition coefficient (Wildman–Crippen LogP) is 5.34. The van der Waals surface area contributed by atoms with Gasteiger partial charge >= 0.3 is 0 Å². The van der Waals surface area contributed by atoms with Gasteiger partial charge in [-0.3, -0.25) is 4.79 Å². The fraction of sp³-hybridized carbons (Fsp3) is 0.125. The number of para-hydroxylation sites is 2. The number of carbonyl (C=O) groups is 1. The third-order valence-electron chi connectivity index (χ3n) is 2.98. The normalized spacial score (nSPS) is 11.1. The molecule has 1 amide bonds. The van der Waals surface area contributed by atoms with E-state index < -0.39 is 5.76 Å². The van der Waals surface area contributed by atoms with Gasteiger partial charge in [0.15, 0.2) is 4.34 Å². The van der Waals surface area contributed by atoms with Crippen molar-refractivity contribution < 1.29 is 13.6 Å². The molecule has 0 unspecified atom stereocenters. The van der Waals surface area contributed by atoms with E-state index in [0.29, 0.717) is 22.3 Å². The van der Waals surface area contributed by atoms with Crippen molar-refractivity contribution in [2.24, 2.45) is 0 Å². The smallest absolute Gasteiger partial charge is 0.288 e. The van der Waals surface area contributed by atoms with Gasteiger partial charge < -0.3 is 5.32 Å². The maximum absolute atomic E-state index is 12.5. The maximum Gasteiger partial charge on any atom is 0.288 e. The largest absolute Gasteiger partial charge is 0.324 e. The minimum Gasteiger partial charge on any atom is -0.324 e. The quantitative estimate of drug-likeness (QED) is 0.584. The van der Waals surface area contributed by atoms with Gasteiger partial charge in [0.2, 0.25) is 5.91 Å². The number of fused-ring (bicyclic) bond motifs is 1. The van der Waals surface area contributed by atoms with E-state index in [1.807, 2.05) is 24.3 Å². The van der Waals surface area contributed by atoms with Gasteiger partial charge in [0.05, 0.1) is 21.7 Å². The van der Waals surface area contributed by atoms with Gasteiger partial charge in [-0.1, -0.05) is 47.8 Å². The molecule has 1 aromatic heterocycles. The molecule has 0 aliphatic rings. The second-order valence-electron chi connectivity index (χ2n) is 4.66. The van der Waals surface area contributed by atoms with Gasteiger partial charge in [-0.2, -0.15) is 8.78 Å². The highest BCUT2D eigenvalue weighted by molar-refractivity contribution is 8.01. The molecule has 124 valence electrons. The summed E-state index contributed by atoms with van der Waals surface area (Å²) in [5, 5.41) is 2.68. The summed E-state index contributed by atoms with van der Waals surface area (Å²) in [5.41, 5.74) is 1.31. The monoisotopic (exact) mass is 382 g/mol. The van der Waals surface area contributed by atoms with Crippen molar-refractivity contribution >= 4 is 56.7 Å². The molecule has 1 heterocycles. The average Bonchev–Trinajstić information content (AvgIpc) is 2.97. The number of thiazole rings is 1. The summed E-state index contributed by atoms with van der Waals surface area (Å²) in [6.45, 7) is 0. The SMILES string of the molecule is O=C(CSc1nc2ccccc2s1)Nc1ccccc1SC(F)F. The molecule has 3 rings (SSSR count). The zero-order valence-electron chi connectivity index (χ0n) is 12.2. The topological polar surface area (TPSA) is 42.0 Å². The molecule has 0 bridgehead atoms. The molecule has 3 nitrogen and oxygen atoms in total. The van der Waals surface area contributed by atoms with E-state index in [2.05, 4.69) is 10.3 Å². The Morgan fingerprint density at radius 1 is 1.17 bits per heavy atom. The molecule has 0 saturated carbocycles. The Morgan fingerprint density at radius 3 is 2.71 bits per heavy atom. The zero-order chi connectivity index (χ0) is 16.9. The summed E-state index contributed by atoms with van der Waals surface area (Å²) in [5.74, 6) is -2.60. The van der Waals surface area contributed by atoms with E-state index >= 15 is 0 Å². The highest BCUT2D eigenvalue weighted by Crippen LogP contribution is 2.32. The number of halogens is 2. The van der Waals surface area contributed by atoms with Gasteiger partial charge in [0, 0.05) is 4.90 Å². The van der Waals surface area contributed by atoms with Gasteiger partial charge in [0.25, 0.3) is 5.76 Å². The van der Waals surface area contributed by atoms with Crippen molar-refractivity contribution in [1.29, 1.82) is 0 Å². The number of nitrogens with one attached hydrogen (secondary N) is 1. The molecule has 24 heavy (non-hydrogen) atoms. The van der Waals surface area contributed by atoms with Gasteiger partial charge in [-0.15, -0.1) is 11.3 Å². The Kier molecular flexibility index (Phi) is 5.70. The zero-order valence-corrected chi connectivity index (χ0v) is 14.7. The third-order valence-corrected chi connectivity index (χ3v) is 5.95. The van der Waals surface area contributed by atoms with Crippen molar-refractivity contribution in [3.05, 3.63) is 48.5 Å². The fourth-order valence-electron chi connectivity index (χ4n) is 2.00. The summed E-state index contributed by atoms with van der Waals surface area (Å²) in [6.07, 6.45) is 0. The van der Waals surface area contributed by atoms with Crippen LogP contribution in [-0.4, -0.2) is 22.4 Å². The molecule has 1 N–H and O–H groups in total. The van der Waals surface area contributed by atoms with Crippen LogP contribution in [0.3, 0.4) is 0 Å². The molecular weight excluding hydrogens is 370 g/mol. The number of alkyl halides is 2. The van der Waals surface area contributed by atoms with E-state index in [9.17, 15) is 13.6 Å². The number of anilines is 1. The van der Waals surface area contributed by atoms with Crippen molar-refractivity contribution in [2.75, 3.05) is 11.1 Å². The van der Waals surface area contributed by atoms with E-state index in [1.165, 1.54) is 23.1 Å². The first-order chi connectivity index (χ1) is 11.6. The molecule has 3 aromatic rings. The van der Waals surface area contributed by atoms with Crippen LogP contribution in [-0.2, 0) is 4.79 Å². The van der Waals surface area contributed by atoms with Crippen molar-refractivity contribution in [2.45, 2.75) is 15.0 Å². The molecule has 0 saturated heterocycles. The van der Waals surface area contributed by atoms with Gasteiger partial charge in [-0.05, 0) is 24.3 Å². The second-order valence-corrected chi connectivity index (χ2v) is 7.94. The number of nitrogens with zero attached hydrogens (tertiary/aromatic N) is 1. The van der Waals surface area contributed by atoms with E-state index in [-0.39, 0.29) is 11.7 Å². The first kappa shape index (κ1) is 17.2. The highest BCUT2D eigenvalue weighted by atomic mass is 32.2. The summed E-state index contributed by atoms with van der Waals surface area (Å²) in [6, 6.07) is 14.3. The number of hydrogen-bond acceptors (Lipinski definition) is 5. The number of hydrogen-bond donors (Lipinski definition) is 1. The number of rotatable bonds is 6. The number of amides is 1. The Balaban J connectivity index is 1.61. The molecule has 0 fully saturated rings. The van der Waals surface area contributed by atoms with Crippen LogP contribution in [0.5, 0.6) is 0 Å². The lowest BCUT2D eigenvalue weighted by Crippen LogP contribution is -2.14. The van der Waals surface area contributed by atoms with Gasteiger partial charge in [-0.25, -0.2) is 4.98 Å². The number of thioether (sulfide) groups is 2. The van der Waals surface area contributed by atoms with Crippen LogP contribution in [0.2, 0.25) is 0 Å². The lowest BCUT2D eigenvalue weighted by atomic mass is 10.3. The summed E-state index contributed by atoms with van der Waals surface area (Å²) >= 11 is 3.28. The second kappa shape index (κ2) is 7.96. The van der Waals surface area contributed by atoms with Crippen molar-refractivity contribution in [1.82, 2.24) is 4.98 Å². The Morgan fingerprint density at radius 2 is 1.92 bits per heavy atom.